The maximum absolute atomic E-state index is 11.5. The molecule has 5 unspecified atom stereocenters. The SMILES string of the molecule is CC(C)(C)c1ccc(C2Nc3ccc(C(=O)O)cc3C3C4CCC(C4)C23)cc1. The number of fused-ring (bicyclic) bond motifs is 7. The molecule has 0 amide bonds. The Labute approximate surface area is 167 Å². The van der Waals surface area contributed by atoms with Gasteiger partial charge in [0.1, 0.15) is 0 Å². The molecule has 5 rings (SSSR count). The number of carboxylic acids is 1. The van der Waals surface area contributed by atoms with Crippen LogP contribution < -0.4 is 5.32 Å². The van der Waals surface area contributed by atoms with E-state index in [1.807, 2.05) is 12.1 Å². The maximum Gasteiger partial charge on any atom is 0.335 e. The third-order valence-electron chi connectivity index (χ3n) is 7.47. The van der Waals surface area contributed by atoms with Crippen LogP contribution in [0.25, 0.3) is 0 Å². The number of rotatable bonds is 2. The summed E-state index contributed by atoms with van der Waals surface area (Å²) in [6.07, 6.45) is 3.90. The minimum absolute atomic E-state index is 0.160. The van der Waals surface area contributed by atoms with E-state index in [0.717, 1.165) is 11.6 Å². The third-order valence-corrected chi connectivity index (χ3v) is 7.47. The average molecular weight is 376 g/mol. The lowest BCUT2D eigenvalue weighted by Crippen LogP contribution is -2.35. The molecular formula is C25H29NO2. The van der Waals surface area contributed by atoms with Gasteiger partial charge in [-0.1, -0.05) is 45.0 Å². The van der Waals surface area contributed by atoms with E-state index in [9.17, 15) is 9.90 Å². The van der Waals surface area contributed by atoms with Crippen molar-refractivity contribution in [1.29, 1.82) is 0 Å². The van der Waals surface area contributed by atoms with E-state index in [1.165, 1.54) is 36.0 Å². The summed E-state index contributed by atoms with van der Waals surface area (Å²) in [5.74, 6) is 1.67. The van der Waals surface area contributed by atoms with Crippen LogP contribution in [0, 0.1) is 17.8 Å². The van der Waals surface area contributed by atoms with Gasteiger partial charge in [0, 0.05) is 5.69 Å². The topological polar surface area (TPSA) is 49.3 Å². The van der Waals surface area contributed by atoms with Crippen LogP contribution >= 0.6 is 0 Å². The molecule has 3 nitrogen and oxygen atoms in total. The second-order valence-electron chi connectivity index (χ2n) is 10.0. The zero-order valence-corrected chi connectivity index (χ0v) is 16.9. The first-order valence-electron chi connectivity index (χ1n) is 10.6. The molecule has 2 saturated carbocycles. The Morgan fingerprint density at radius 2 is 1.75 bits per heavy atom. The summed E-state index contributed by atoms with van der Waals surface area (Å²) in [5, 5.41) is 13.3. The summed E-state index contributed by atoms with van der Waals surface area (Å²) in [5.41, 5.74) is 5.66. The number of anilines is 1. The van der Waals surface area contributed by atoms with E-state index in [2.05, 4.69) is 50.4 Å². The summed E-state index contributed by atoms with van der Waals surface area (Å²) >= 11 is 0. The fourth-order valence-corrected chi connectivity index (χ4v) is 6.14. The van der Waals surface area contributed by atoms with Gasteiger partial charge in [-0.25, -0.2) is 4.79 Å². The van der Waals surface area contributed by atoms with E-state index in [-0.39, 0.29) is 5.41 Å². The molecule has 1 aliphatic heterocycles. The molecule has 3 aliphatic rings. The minimum atomic E-state index is -0.831. The summed E-state index contributed by atoms with van der Waals surface area (Å²) < 4.78 is 0. The van der Waals surface area contributed by atoms with Gasteiger partial charge in [-0.2, -0.15) is 0 Å². The Hall–Kier alpha value is -2.29. The normalized spacial score (nSPS) is 30.5. The van der Waals surface area contributed by atoms with Crippen molar-refractivity contribution in [2.75, 3.05) is 5.32 Å². The monoisotopic (exact) mass is 375 g/mol. The van der Waals surface area contributed by atoms with Crippen LogP contribution in [0.4, 0.5) is 5.69 Å². The first-order chi connectivity index (χ1) is 13.3. The molecule has 2 aliphatic carbocycles. The van der Waals surface area contributed by atoms with Gasteiger partial charge < -0.3 is 10.4 Å². The highest BCUT2D eigenvalue weighted by Crippen LogP contribution is 2.63. The molecule has 0 aromatic heterocycles. The van der Waals surface area contributed by atoms with Crippen LogP contribution in [-0.2, 0) is 5.41 Å². The van der Waals surface area contributed by atoms with Crippen molar-refractivity contribution in [3.05, 3.63) is 64.7 Å². The highest BCUT2D eigenvalue weighted by molar-refractivity contribution is 5.88. The molecule has 0 radical (unpaired) electrons. The zero-order valence-electron chi connectivity index (χ0n) is 16.9. The van der Waals surface area contributed by atoms with Crippen LogP contribution in [0.1, 0.15) is 79.0 Å². The molecule has 2 fully saturated rings. The van der Waals surface area contributed by atoms with E-state index in [1.54, 1.807) is 6.07 Å². The molecule has 28 heavy (non-hydrogen) atoms. The van der Waals surface area contributed by atoms with Crippen molar-refractivity contribution >= 4 is 11.7 Å². The lowest BCUT2D eigenvalue weighted by atomic mass is 9.67. The zero-order chi connectivity index (χ0) is 19.6. The van der Waals surface area contributed by atoms with E-state index >= 15 is 0 Å². The van der Waals surface area contributed by atoms with Crippen molar-refractivity contribution in [3.8, 4) is 0 Å². The van der Waals surface area contributed by atoms with Crippen LogP contribution in [0.2, 0.25) is 0 Å². The number of benzene rings is 2. The fraction of sp³-hybridized carbons (Fsp3) is 0.480. The number of carbonyl (C=O) groups is 1. The van der Waals surface area contributed by atoms with Gasteiger partial charge in [-0.3, -0.25) is 0 Å². The summed E-state index contributed by atoms with van der Waals surface area (Å²) in [7, 11) is 0. The van der Waals surface area contributed by atoms with Crippen LogP contribution in [0.5, 0.6) is 0 Å². The number of hydrogen-bond donors (Lipinski definition) is 2. The van der Waals surface area contributed by atoms with Crippen molar-refractivity contribution < 1.29 is 9.90 Å². The molecule has 0 saturated heterocycles. The van der Waals surface area contributed by atoms with Gasteiger partial charge in [-0.15, -0.1) is 0 Å². The van der Waals surface area contributed by atoms with E-state index < -0.39 is 5.97 Å². The number of carboxylic acid groups (broad SMARTS) is 1. The summed E-state index contributed by atoms with van der Waals surface area (Å²) in [4.78, 5) is 11.5. The Kier molecular flexibility index (Phi) is 3.88. The highest BCUT2D eigenvalue weighted by atomic mass is 16.4. The molecule has 1 heterocycles. The van der Waals surface area contributed by atoms with Crippen molar-refractivity contribution in [1.82, 2.24) is 0 Å². The molecule has 0 spiro atoms. The van der Waals surface area contributed by atoms with Crippen molar-refractivity contribution in [2.45, 2.75) is 57.4 Å². The number of aromatic carboxylic acids is 1. The molecule has 5 atom stereocenters. The molecule has 2 N–H and O–H groups in total. The predicted molar refractivity (Wildman–Crippen MR) is 112 cm³/mol. The predicted octanol–water partition coefficient (Wildman–Crippen LogP) is 5.98. The molecule has 2 bridgehead atoms. The largest absolute Gasteiger partial charge is 0.478 e. The highest BCUT2D eigenvalue weighted by Gasteiger charge is 2.53. The molecule has 2 aromatic rings. The quantitative estimate of drug-likeness (QED) is 0.679. The molecule has 3 heteroatoms. The molecule has 146 valence electrons. The van der Waals surface area contributed by atoms with E-state index in [0.29, 0.717) is 29.4 Å². The number of nitrogens with one attached hydrogen (secondary N) is 1. The van der Waals surface area contributed by atoms with Gasteiger partial charge in [0.15, 0.2) is 0 Å². The van der Waals surface area contributed by atoms with Crippen molar-refractivity contribution in [2.24, 2.45) is 17.8 Å². The lowest BCUT2D eigenvalue weighted by Gasteiger charge is -2.43. The smallest absolute Gasteiger partial charge is 0.335 e. The number of hydrogen-bond acceptors (Lipinski definition) is 2. The van der Waals surface area contributed by atoms with Gasteiger partial charge >= 0.3 is 5.97 Å². The fourth-order valence-electron chi connectivity index (χ4n) is 6.14. The van der Waals surface area contributed by atoms with Crippen LogP contribution in [0.15, 0.2) is 42.5 Å². The molecular weight excluding hydrogens is 346 g/mol. The Morgan fingerprint density at radius 1 is 1.04 bits per heavy atom. The third kappa shape index (κ3) is 2.67. The Morgan fingerprint density at radius 3 is 2.43 bits per heavy atom. The Bertz CT molecular complexity index is 925. The first kappa shape index (κ1) is 17.8. The minimum Gasteiger partial charge on any atom is -0.478 e. The van der Waals surface area contributed by atoms with Crippen LogP contribution in [-0.4, -0.2) is 11.1 Å². The lowest BCUT2D eigenvalue weighted by molar-refractivity contribution is 0.0696. The molecule has 2 aromatic carbocycles. The standard InChI is InChI=1S/C25H29NO2/c1-25(2,3)18-9-6-14(7-10-18)23-22-16-5-4-15(12-16)21(22)19-13-17(24(27)28)8-11-20(19)26-23/h6-11,13,15-16,21-23,26H,4-5,12H2,1-3H3,(H,27,28). The summed E-state index contributed by atoms with van der Waals surface area (Å²) in [6.45, 7) is 6.76. The van der Waals surface area contributed by atoms with Gasteiger partial charge in [0.2, 0.25) is 0 Å². The van der Waals surface area contributed by atoms with Gasteiger partial charge in [0.05, 0.1) is 11.6 Å². The Balaban J connectivity index is 1.56. The van der Waals surface area contributed by atoms with E-state index in [4.69, 9.17) is 0 Å². The summed E-state index contributed by atoms with van der Waals surface area (Å²) in [6, 6.07) is 15.1. The second-order valence-corrected chi connectivity index (χ2v) is 10.0. The second kappa shape index (κ2) is 6.10. The van der Waals surface area contributed by atoms with Gasteiger partial charge in [0.25, 0.3) is 0 Å². The van der Waals surface area contributed by atoms with Crippen LogP contribution in [0.3, 0.4) is 0 Å². The first-order valence-corrected chi connectivity index (χ1v) is 10.6. The average Bonchev–Trinajstić information content (AvgIpc) is 3.29. The maximum atomic E-state index is 11.5. The van der Waals surface area contributed by atoms with Crippen molar-refractivity contribution in [3.63, 3.8) is 0 Å². The van der Waals surface area contributed by atoms with Gasteiger partial charge in [-0.05, 0) is 83.2 Å².